The maximum Gasteiger partial charge on any atom is 0.325 e. The average molecular weight is 248 g/mol. The number of para-hydroxylation sites is 1. The molecule has 0 spiro atoms. The minimum atomic E-state index is -1.03. The first-order chi connectivity index (χ1) is 8.59. The fourth-order valence-corrected chi connectivity index (χ4v) is 2.07. The van der Waals surface area contributed by atoms with Crippen molar-refractivity contribution in [1.82, 2.24) is 5.32 Å². The Morgan fingerprint density at radius 2 is 2.11 bits per heavy atom. The van der Waals surface area contributed by atoms with Gasteiger partial charge >= 0.3 is 12.0 Å². The van der Waals surface area contributed by atoms with E-state index in [0.717, 1.165) is 24.1 Å². The van der Waals surface area contributed by atoms with Crippen molar-refractivity contribution in [3.8, 4) is 0 Å². The molecule has 18 heavy (non-hydrogen) atoms. The Hall–Kier alpha value is -2.04. The number of hydrogen-bond donors (Lipinski definition) is 2. The van der Waals surface area contributed by atoms with Crippen LogP contribution in [0.2, 0.25) is 0 Å². The molecular formula is C13H16N2O3. The lowest BCUT2D eigenvalue weighted by Crippen LogP contribution is -2.48. The molecule has 0 saturated carbocycles. The summed E-state index contributed by atoms with van der Waals surface area (Å²) < 4.78 is 0. The van der Waals surface area contributed by atoms with E-state index in [1.165, 1.54) is 6.92 Å². The van der Waals surface area contributed by atoms with Crippen LogP contribution in [0.15, 0.2) is 24.3 Å². The molecule has 2 amide bonds. The largest absolute Gasteiger partial charge is 0.480 e. The topological polar surface area (TPSA) is 69.6 Å². The number of carbonyl (C=O) groups excluding carboxylic acids is 1. The molecule has 1 aliphatic heterocycles. The number of aryl methyl sites for hydroxylation is 1. The van der Waals surface area contributed by atoms with Crippen LogP contribution in [0.25, 0.3) is 0 Å². The summed E-state index contributed by atoms with van der Waals surface area (Å²) in [4.78, 5) is 24.4. The number of nitrogens with one attached hydrogen (secondary N) is 1. The standard InChI is InChI=1S/C13H16N2O3/c1-9(12(16)17)14-13(18)15-8-4-6-10-5-2-3-7-11(10)15/h2-3,5,7,9H,4,6,8H2,1H3,(H,14,18)(H,16,17)/t9-/m1/s1. The van der Waals surface area contributed by atoms with Gasteiger partial charge in [0.05, 0.1) is 0 Å². The van der Waals surface area contributed by atoms with Crippen LogP contribution < -0.4 is 10.2 Å². The molecular weight excluding hydrogens is 232 g/mol. The van der Waals surface area contributed by atoms with E-state index in [1.807, 2.05) is 24.3 Å². The van der Waals surface area contributed by atoms with Gasteiger partial charge < -0.3 is 10.4 Å². The highest BCUT2D eigenvalue weighted by molar-refractivity contribution is 5.95. The Kier molecular flexibility index (Phi) is 3.50. The molecule has 1 aromatic carbocycles. The van der Waals surface area contributed by atoms with Crippen LogP contribution in [0, 0.1) is 0 Å². The average Bonchev–Trinajstić information content (AvgIpc) is 2.37. The Balaban J connectivity index is 2.15. The van der Waals surface area contributed by atoms with Crippen molar-refractivity contribution in [3.63, 3.8) is 0 Å². The molecule has 1 aliphatic rings. The van der Waals surface area contributed by atoms with E-state index >= 15 is 0 Å². The Labute approximate surface area is 105 Å². The van der Waals surface area contributed by atoms with E-state index in [2.05, 4.69) is 5.32 Å². The Morgan fingerprint density at radius 1 is 1.39 bits per heavy atom. The van der Waals surface area contributed by atoms with Gasteiger partial charge in [-0.2, -0.15) is 0 Å². The first kappa shape index (κ1) is 12.4. The van der Waals surface area contributed by atoms with E-state index in [-0.39, 0.29) is 6.03 Å². The quantitative estimate of drug-likeness (QED) is 0.835. The summed E-state index contributed by atoms with van der Waals surface area (Å²) >= 11 is 0. The smallest absolute Gasteiger partial charge is 0.325 e. The summed E-state index contributed by atoms with van der Waals surface area (Å²) in [5, 5.41) is 11.3. The number of aliphatic carboxylic acids is 1. The van der Waals surface area contributed by atoms with E-state index in [1.54, 1.807) is 4.90 Å². The van der Waals surface area contributed by atoms with Crippen molar-refractivity contribution >= 4 is 17.7 Å². The number of carbonyl (C=O) groups is 2. The number of fused-ring (bicyclic) bond motifs is 1. The lowest BCUT2D eigenvalue weighted by atomic mass is 10.0. The van der Waals surface area contributed by atoms with E-state index in [9.17, 15) is 9.59 Å². The first-order valence-corrected chi connectivity index (χ1v) is 5.98. The van der Waals surface area contributed by atoms with Crippen LogP contribution in [-0.2, 0) is 11.2 Å². The highest BCUT2D eigenvalue weighted by Crippen LogP contribution is 2.26. The van der Waals surface area contributed by atoms with Crippen LogP contribution in [0.1, 0.15) is 18.9 Å². The maximum absolute atomic E-state index is 12.0. The predicted octanol–water partition coefficient (Wildman–Crippen LogP) is 1.62. The van der Waals surface area contributed by atoms with Crippen molar-refractivity contribution in [2.75, 3.05) is 11.4 Å². The number of anilines is 1. The highest BCUT2D eigenvalue weighted by Gasteiger charge is 2.24. The molecule has 0 radical (unpaired) electrons. The van der Waals surface area contributed by atoms with Gasteiger partial charge in [0.1, 0.15) is 6.04 Å². The third-order valence-corrected chi connectivity index (χ3v) is 3.07. The van der Waals surface area contributed by atoms with E-state index < -0.39 is 12.0 Å². The fourth-order valence-electron chi connectivity index (χ4n) is 2.07. The van der Waals surface area contributed by atoms with Crippen molar-refractivity contribution < 1.29 is 14.7 Å². The molecule has 2 N–H and O–H groups in total. The third-order valence-electron chi connectivity index (χ3n) is 3.07. The molecule has 5 nitrogen and oxygen atoms in total. The molecule has 0 fully saturated rings. The van der Waals surface area contributed by atoms with Gasteiger partial charge in [0, 0.05) is 12.2 Å². The minimum absolute atomic E-state index is 0.350. The van der Waals surface area contributed by atoms with Crippen molar-refractivity contribution in [2.45, 2.75) is 25.8 Å². The second kappa shape index (κ2) is 5.08. The molecule has 0 unspecified atom stereocenters. The predicted molar refractivity (Wildman–Crippen MR) is 67.7 cm³/mol. The second-order valence-electron chi connectivity index (χ2n) is 4.39. The lowest BCUT2D eigenvalue weighted by Gasteiger charge is -2.30. The number of amides is 2. The molecule has 1 heterocycles. The SMILES string of the molecule is C[C@@H](NC(=O)N1CCCc2ccccc21)C(=O)O. The molecule has 96 valence electrons. The van der Waals surface area contributed by atoms with Gasteiger partial charge in [0.25, 0.3) is 0 Å². The zero-order valence-electron chi connectivity index (χ0n) is 10.2. The van der Waals surface area contributed by atoms with Gasteiger partial charge in [-0.05, 0) is 31.4 Å². The first-order valence-electron chi connectivity index (χ1n) is 5.98. The number of hydrogen-bond acceptors (Lipinski definition) is 2. The Morgan fingerprint density at radius 3 is 2.83 bits per heavy atom. The normalized spacial score (nSPS) is 15.7. The van der Waals surface area contributed by atoms with Crippen molar-refractivity contribution in [2.24, 2.45) is 0 Å². The molecule has 0 aliphatic carbocycles. The van der Waals surface area contributed by atoms with Gasteiger partial charge in [-0.3, -0.25) is 9.69 Å². The van der Waals surface area contributed by atoms with Gasteiger partial charge in [-0.1, -0.05) is 18.2 Å². The fraction of sp³-hybridized carbons (Fsp3) is 0.385. The molecule has 2 rings (SSSR count). The van der Waals surface area contributed by atoms with Crippen LogP contribution in [-0.4, -0.2) is 29.7 Å². The summed E-state index contributed by atoms with van der Waals surface area (Å²) in [6.07, 6.45) is 1.85. The van der Waals surface area contributed by atoms with Gasteiger partial charge in [-0.25, -0.2) is 4.79 Å². The number of benzene rings is 1. The van der Waals surface area contributed by atoms with Crippen LogP contribution in [0.4, 0.5) is 10.5 Å². The highest BCUT2D eigenvalue weighted by atomic mass is 16.4. The van der Waals surface area contributed by atoms with E-state index in [0.29, 0.717) is 6.54 Å². The van der Waals surface area contributed by atoms with Crippen LogP contribution in [0.3, 0.4) is 0 Å². The van der Waals surface area contributed by atoms with Gasteiger partial charge in [-0.15, -0.1) is 0 Å². The summed E-state index contributed by atoms with van der Waals surface area (Å²) in [7, 11) is 0. The minimum Gasteiger partial charge on any atom is -0.480 e. The van der Waals surface area contributed by atoms with Gasteiger partial charge in [0.15, 0.2) is 0 Å². The summed E-state index contributed by atoms with van der Waals surface area (Å²) in [6, 6.07) is 6.48. The molecule has 5 heteroatoms. The maximum atomic E-state index is 12.0. The van der Waals surface area contributed by atoms with Crippen molar-refractivity contribution in [1.29, 1.82) is 0 Å². The summed E-state index contributed by atoms with van der Waals surface area (Å²) in [6.45, 7) is 2.07. The summed E-state index contributed by atoms with van der Waals surface area (Å²) in [5.41, 5.74) is 2.00. The Bertz CT molecular complexity index is 473. The number of urea groups is 1. The molecule has 1 atom stereocenters. The molecule has 1 aromatic rings. The molecule has 0 saturated heterocycles. The van der Waals surface area contributed by atoms with Crippen LogP contribution >= 0.6 is 0 Å². The third kappa shape index (κ3) is 2.45. The number of nitrogens with zero attached hydrogens (tertiary/aromatic N) is 1. The zero-order valence-corrected chi connectivity index (χ0v) is 10.2. The molecule has 0 bridgehead atoms. The monoisotopic (exact) mass is 248 g/mol. The molecule has 0 aromatic heterocycles. The summed E-state index contributed by atoms with van der Waals surface area (Å²) in [5.74, 6) is -1.03. The number of carboxylic acid groups (broad SMARTS) is 1. The van der Waals surface area contributed by atoms with Crippen molar-refractivity contribution in [3.05, 3.63) is 29.8 Å². The number of carboxylic acids is 1. The zero-order chi connectivity index (χ0) is 13.1. The lowest BCUT2D eigenvalue weighted by molar-refractivity contribution is -0.138. The number of rotatable bonds is 2. The van der Waals surface area contributed by atoms with Crippen LogP contribution in [0.5, 0.6) is 0 Å². The van der Waals surface area contributed by atoms with E-state index in [4.69, 9.17) is 5.11 Å². The second-order valence-corrected chi connectivity index (χ2v) is 4.39. The van der Waals surface area contributed by atoms with Gasteiger partial charge in [0.2, 0.25) is 0 Å².